The van der Waals surface area contributed by atoms with Gasteiger partial charge in [0, 0.05) is 18.6 Å². The van der Waals surface area contributed by atoms with E-state index in [1.807, 2.05) is 13.8 Å². The van der Waals surface area contributed by atoms with Gasteiger partial charge in [0.25, 0.3) is 0 Å². The Kier molecular flexibility index (Phi) is 5.60. The molecular formula is C12H24N2O2. The van der Waals surface area contributed by atoms with E-state index in [0.717, 1.165) is 12.8 Å². The zero-order valence-corrected chi connectivity index (χ0v) is 10.4. The Bertz CT molecular complexity index is 213. The van der Waals surface area contributed by atoms with E-state index in [4.69, 9.17) is 5.11 Å². The van der Waals surface area contributed by atoms with Crippen molar-refractivity contribution in [3.8, 4) is 0 Å². The van der Waals surface area contributed by atoms with Crippen LogP contribution in [0.1, 0.15) is 46.0 Å². The smallest absolute Gasteiger partial charge is 0.317 e. The van der Waals surface area contributed by atoms with Crippen LogP contribution in [0.15, 0.2) is 0 Å². The second-order valence-electron chi connectivity index (χ2n) is 4.80. The van der Waals surface area contributed by atoms with E-state index in [0.29, 0.717) is 12.6 Å². The molecule has 94 valence electrons. The molecule has 0 heterocycles. The summed E-state index contributed by atoms with van der Waals surface area (Å²) >= 11 is 0. The van der Waals surface area contributed by atoms with Crippen LogP contribution >= 0.6 is 0 Å². The summed E-state index contributed by atoms with van der Waals surface area (Å²) < 4.78 is 0. The van der Waals surface area contributed by atoms with E-state index in [1.54, 1.807) is 4.90 Å². The lowest BCUT2D eigenvalue weighted by atomic mass is 9.96. The molecule has 0 saturated heterocycles. The SMILES string of the molecule is CC(C)N(CCO)C(=O)NC1CCCCC1. The first-order chi connectivity index (χ1) is 7.65. The van der Waals surface area contributed by atoms with E-state index in [-0.39, 0.29) is 18.7 Å². The summed E-state index contributed by atoms with van der Waals surface area (Å²) in [6.07, 6.45) is 5.91. The summed E-state index contributed by atoms with van der Waals surface area (Å²) in [5, 5.41) is 12.0. The van der Waals surface area contributed by atoms with Gasteiger partial charge < -0.3 is 15.3 Å². The number of carbonyl (C=O) groups is 1. The van der Waals surface area contributed by atoms with Crippen molar-refractivity contribution in [3.63, 3.8) is 0 Å². The Balaban J connectivity index is 2.40. The first-order valence-corrected chi connectivity index (χ1v) is 6.33. The van der Waals surface area contributed by atoms with Crippen molar-refractivity contribution in [1.82, 2.24) is 10.2 Å². The highest BCUT2D eigenvalue weighted by Crippen LogP contribution is 2.17. The maximum Gasteiger partial charge on any atom is 0.317 e. The molecule has 16 heavy (non-hydrogen) atoms. The van der Waals surface area contributed by atoms with Crippen LogP contribution in [0.2, 0.25) is 0 Å². The summed E-state index contributed by atoms with van der Waals surface area (Å²) in [6.45, 7) is 4.37. The number of rotatable bonds is 4. The monoisotopic (exact) mass is 228 g/mol. The molecule has 1 aliphatic carbocycles. The molecule has 1 aliphatic rings. The summed E-state index contributed by atoms with van der Waals surface area (Å²) in [6, 6.07) is 0.438. The van der Waals surface area contributed by atoms with Crippen molar-refractivity contribution in [3.05, 3.63) is 0 Å². The number of amides is 2. The quantitative estimate of drug-likeness (QED) is 0.770. The fraction of sp³-hybridized carbons (Fsp3) is 0.917. The van der Waals surface area contributed by atoms with Crippen molar-refractivity contribution in [2.45, 2.75) is 58.0 Å². The number of nitrogens with one attached hydrogen (secondary N) is 1. The van der Waals surface area contributed by atoms with Crippen LogP contribution < -0.4 is 5.32 Å². The third-order valence-corrected chi connectivity index (χ3v) is 3.16. The van der Waals surface area contributed by atoms with Gasteiger partial charge in [0.15, 0.2) is 0 Å². The molecule has 0 unspecified atom stereocenters. The molecular weight excluding hydrogens is 204 g/mol. The van der Waals surface area contributed by atoms with Crippen molar-refractivity contribution in [2.24, 2.45) is 0 Å². The topological polar surface area (TPSA) is 52.6 Å². The highest BCUT2D eigenvalue weighted by atomic mass is 16.3. The molecule has 2 amide bonds. The molecule has 0 aromatic rings. The molecule has 0 aromatic heterocycles. The van der Waals surface area contributed by atoms with Crippen LogP contribution in [-0.4, -0.2) is 41.3 Å². The summed E-state index contributed by atoms with van der Waals surface area (Å²) in [5.74, 6) is 0. The highest BCUT2D eigenvalue weighted by molar-refractivity contribution is 5.74. The maximum atomic E-state index is 11.9. The number of urea groups is 1. The van der Waals surface area contributed by atoms with Gasteiger partial charge in [-0.25, -0.2) is 4.79 Å². The van der Waals surface area contributed by atoms with Gasteiger partial charge in [-0.15, -0.1) is 0 Å². The molecule has 1 saturated carbocycles. The number of aliphatic hydroxyl groups is 1. The van der Waals surface area contributed by atoms with Crippen molar-refractivity contribution in [2.75, 3.05) is 13.2 Å². The molecule has 0 radical (unpaired) electrons. The minimum absolute atomic E-state index is 0.0241. The number of hydrogen-bond acceptors (Lipinski definition) is 2. The van der Waals surface area contributed by atoms with E-state index < -0.39 is 0 Å². The normalized spacial score (nSPS) is 17.5. The first-order valence-electron chi connectivity index (χ1n) is 6.33. The van der Waals surface area contributed by atoms with Gasteiger partial charge >= 0.3 is 6.03 Å². The predicted octanol–water partition coefficient (Wildman–Crippen LogP) is 1.73. The number of aliphatic hydroxyl groups excluding tert-OH is 1. The van der Waals surface area contributed by atoms with Crippen LogP contribution in [0.4, 0.5) is 4.79 Å². The molecule has 1 rings (SSSR count). The Morgan fingerprint density at radius 3 is 2.50 bits per heavy atom. The van der Waals surface area contributed by atoms with Gasteiger partial charge in [-0.2, -0.15) is 0 Å². The largest absolute Gasteiger partial charge is 0.395 e. The van der Waals surface area contributed by atoms with Gasteiger partial charge in [0.05, 0.1) is 6.61 Å². The van der Waals surface area contributed by atoms with Gasteiger partial charge in [-0.1, -0.05) is 19.3 Å². The molecule has 0 bridgehead atoms. The van der Waals surface area contributed by atoms with Crippen LogP contribution in [0, 0.1) is 0 Å². The minimum Gasteiger partial charge on any atom is -0.395 e. The second-order valence-corrected chi connectivity index (χ2v) is 4.80. The third-order valence-electron chi connectivity index (χ3n) is 3.16. The minimum atomic E-state index is -0.0315. The van der Waals surface area contributed by atoms with E-state index >= 15 is 0 Å². The third kappa shape index (κ3) is 4.00. The van der Waals surface area contributed by atoms with Crippen LogP contribution in [0.5, 0.6) is 0 Å². The highest BCUT2D eigenvalue weighted by Gasteiger charge is 2.21. The molecule has 0 atom stereocenters. The van der Waals surface area contributed by atoms with E-state index in [1.165, 1.54) is 19.3 Å². The Morgan fingerprint density at radius 1 is 1.38 bits per heavy atom. The molecule has 4 nitrogen and oxygen atoms in total. The second kappa shape index (κ2) is 6.74. The van der Waals surface area contributed by atoms with Crippen LogP contribution in [0.3, 0.4) is 0 Å². The average Bonchev–Trinajstić information content (AvgIpc) is 2.26. The van der Waals surface area contributed by atoms with Crippen molar-refractivity contribution < 1.29 is 9.90 Å². The van der Waals surface area contributed by atoms with Crippen molar-refractivity contribution in [1.29, 1.82) is 0 Å². The lowest BCUT2D eigenvalue weighted by Crippen LogP contribution is -2.49. The zero-order chi connectivity index (χ0) is 12.0. The van der Waals surface area contributed by atoms with Gasteiger partial charge in [-0.05, 0) is 26.7 Å². The number of carbonyl (C=O) groups excluding carboxylic acids is 1. The summed E-state index contributed by atoms with van der Waals surface area (Å²) in [5.41, 5.74) is 0. The lowest BCUT2D eigenvalue weighted by Gasteiger charge is -2.30. The molecule has 0 aromatic carbocycles. The van der Waals surface area contributed by atoms with Crippen molar-refractivity contribution >= 4 is 6.03 Å². The summed E-state index contributed by atoms with van der Waals surface area (Å²) in [7, 11) is 0. The van der Waals surface area contributed by atoms with Gasteiger partial charge in [0.1, 0.15) is 0 Å². The summed E-state index contributed by atoms with van der Waals surface area (Å²) in [4.78, 5) is 13.6. The lowest BCUT2D eigenvalue weighted by molar-refractivity contribution is 0.155. The predicted molar refractivity (Wildman–Crippen MR) is 64.3 cm³/mol. The molecule has 4 heteroatoms. The first kappa shape index (κ1) is 13.3. The fourth-order valence-electron chi connectivity index (χ4n) is 2.21. The average molecular weight is 228 g/mol. The fourth-order valence-corrected chi connectivity index (χ4v) is 2.21. The van der Waals surface area contributed by atoms with Gasteiger partial charge in [-0.3, -0.25) is 0 Å². The maximum absolute atomic E-state index is 11.9. The molecule has 1 fully saturated rings. The van der Waals surface area contributed by atoms with Crippen LogP contribution in [0.25, 0.3) is 0 Å². The number of hydrogen-bond donors (Lipinski definition) is 2. The molecule has 0 spiro atoms. The molecule has 0 aliphatic heterocycles. The van der Waals surface area contributed by atoms with Crippen LogP contribution in [-0.2, 0) is 0 Å². The zero-order valence-electron chi connectivity index (χ0n) is 10.4. The Hall–Kier alpha value is -0.770. The van der Waals surface area contributed by atoms with Gasteiger partial charge in [0.2, 0.25) is 0 Å². The Morgan fingerprint density at radius 2 is 2.00 bits per heavy atom. The molecule has 2 N–H and O–H groups in total. The standard InChI is InChI=1S/C12H24N2O2/c1-10(2)14(8-9-15)12(16)13-11-6-4-3-5-7-11/h10-11,15H,3-9H2,1-2H3,(H,13,16). The number of nitrogens with zero attached hydrogens (tertiary/aromatic N) is 1. The Labute approximate surface area is 98.0 Å². The van der Waals surface area contributed by atoms with E-state index in [9.17, 15) is 4.79 Å². The van der Waals surface area contributed by atoms with E-state index in [2.05, 4.69) is 5.32 Å².